The number of primary amides is 1. The number of fused-ring (bicyclic) bond motifs is 2. The van der Waals surface area contributed by atoms with Crippen molar-refractivity contribution in [3.05, 3.63) is 58.5 Å². The minimum absolute atomic E-state index is 0.0919. The van der Waals surface area contributed by atoms with E-state index in [9.17, 15) is 29.4 Å². The summed E-state index contributed by atoms with van der Waals surface area (Å²) in [5, 5.41) is 26.0. The van der Waals surface area contributed by atoms with Gasteiger partial charge in [0.2, 0.25) is 11.6 Å². The van der Waals surface area contributed by atoms with E-state index in [1.54, 1.807) is 32.1 Å². The summed E-state index contributed by atoms with van der Waals surface area (Å²) in [7, 11) is 2.90. The highest BCUT2D eigenvalue weighted by atomic mass is 16.6. The van der Waals surface area contributed by atoms with Gasteiger partial charge in [0.05, 0.1) is 23.6 Å². The molecule has 2 amide bonds. The number of ketones is 2. The van der Waals surface area contributed by atoms with Gasteiger partial charge in [0.25, 0.3) is 5.91 Å². The first-order valence-corrected chi connectivity index (χ1v) is 15.3. The number of rotatable bonds is 7. The first-order chi connectivity index (χ1) is 21.3. The zero-order valence-electron chi connectivity index (χ0n) is 27.7. The van der Waals surface area contributed by atoms with E-state index in [0.29, 0.717) is 18.4 Å². The van der Waals surface area contributed by atoms with Crippen LogP contribution in [0, 0.1) is 11.8 Å². The minimum atomic E-state index is -1.01. The maximum Gasteiger partial charge on any atom is 0.405 e. The van der Waals surface area contributed by atoms with Crippen molar-refractivity contribution in [2.24, 2.45) is 17.6 Å². The van der Waals surface area contributed by atoms with Crippen LogP contribution in [0.25, 0.3) is 0 Å². The number of allylic oxidation sites excluding steroid dienone is 4. The van der Waals surface area contributed by atoms with Crippen molar-refractivity contribution >= 4 is 23.6 Å². The van der Waals surface area contributed by atoms with Crippen molar-refractivity contribution in [2.45, 2.75) is 85.2 Å². The van der Waals surface area contributed by atoms with Crippen LogP contribution in [0.15, 0.2) is 58.5 Å². The molecule has 0 saturated carbocycles. The van der Waals surface area contributed by atoms with E-state index in [-0.39, 0.29) is 48.0 Å². The standard InChI is InChI=1S/C31H45N3O9.C2H6/c1-17-13-21-26(33-11-8-12-35)23(36)16-22(28(21)38)34-30(39)18(2)9-7-10-24(41-5)29(43-31(32)40)20(4)15-19(3)27(37)25(14-17)42-6;1-2/h7,9-10,15-17,19,24-25,27,29,33,35,37H,8,11-14H2,1-6H3,(H2,32,40)(H,34,39);1-2H3/b10-7-,18-9+,20-15+;. The summed E-state index contributed by atoms with van der Waals surface area (Å²) in [6.07, 6.45) is 3.98. The normalized spacial score (nSPS) is 30.0. The Morgan fingerprint density at radius 1 is 1.13 bits per heavy atom. The van der Waals surface area contributed by atoms with Gasteiger partial charge in [-0.25, -0.2) is 4.79 Å². The zero-order valence-corrected chi connectivity index (χ0v) is 27.7. The highest BCUT2D eigenvalue weighted by Crippen LogP contribution is 2.28. The van der Waals surface area contributed by atoms with E-state index in [0.717, 1.165) is 6.08 Å². The summed E-state index contributed by atoms with van der Waals surface area (Å²) < 4.78 is 16.6. The molecule has 0 saturated heterocycles. The molecule has 12 nitrogen and oxygen atoms in total. The molecule has 1 heterocycles. The number of aliphatic hydroxyl groups excluding tert-OH is 2. The number of amides is 2. The molecule has 1 aliphatic carbocycles. The molecular weight excluding hydrogens is 582 g/mol. The lowest BCUT2D eigenvalue weighted by Gasteiger charge is -2.30. The third-order valence-electron chi connectivity index (χ3n) is 7.43. The van der Waals surface area contributed by atoms with Crippen molar-refractivity contribution in [2.75, 3.05) is 27.4 Å². The van der Waals surface area contributed by atoms with Gasteiger partial charge in [-0.3, -0.25) is 14.4 Å². The Balaban J connectivity index is 0.00000496. The summed E-state index contributed by atoms with van der Waals surface area (Å²) in [6, 6.07) is 0. The van der Waals surface area contributed by atoms with Crippen molar-refractivity contribution in [1.29, 1.82) is 0 Å². The number of hydrogen-bond acceptors (Lipinski definition) is 10. The van der Waals surface area contributed by atoms with Crippen LogP contribution in [0.3, 0.4) is 0 Å². The molecule has 2 rings (SSSR count). The number of carbonyl (C=O) groups is 4. The predicted molar refractivity (Wildman–Crippen MR) is 171 cm³/mol. The summed E-state index contributed by atoms with van der Waals surface area (Å²) in [5.74, 6) is -2.25. The molecule has 6 unspecified atom stereocenters. The Morgan fingerprint density at radius 3 is 2.38 bits per heavy atom. The SMILES string of the molecule is CC.COC1/C=C\C=C(/C)C(=O)NC2=CC(=O)C(NCCCO)=C(CC(C)CC(OC)C(O)C(C)/C=C(\C)C1OC(N)=O)C2=O. The van der Waals surface area contributed by atoms with Gasteiger partial charge in [-0.2, -0.15) is 0 Å². The Hall–Kier alpha value is -3.58. The highest BCUT2D eigenvalue weighted by molar-refractivity contribution is 6.23. The number of hydrogen-bond donors (Lipinski definition) is 5. The topological polar surface area (TPSA) is 187 Å². The fraction of sp³-hybridized carbons (Fsp3) is 0.576. The second-order valence-electron chi connectivity index (χ2n) is 10.9. The van der Waals surface area contributed by atoms with E-state index in [4.69, 9.17) is 19.9 Å². The quantitative estimate of drug-likeness (QED) is 0.159. The molecule has 0 fully saturated rings. The van der Waals surface area contributed by atoms with Crippen LogP contribution in [-0.2, 0) is 28.6 Å². The van der Waals surface area contributed by atoms with Gasteiger partial charge in [-0.05, 0) is 44.6 Å². The van der Waals surface area contributed by atoms with Gasteiger partial charge in [-0.15, -0.1) is 0 Å². The molecule has 45 heavy (non-hydrogen) atoms. The van der Waals surface area contributed by atoms with E-state index in [1.165, 1.54) is 27.2 Å². The number of Topliss-reactive ketones (excluding diaryl/α,β-unsaturated/α-hetero) is 1. The third-order valence-corrected chi connectivity index (χ3v) is 7.43. The smallest absolute Gasteiger partial charge is 0.405 e. The first-order valence-electron chi connectivity index (χ1n) is 15.3. The Kier molecular flexibility index (Phi) is 17.3. The molecule has 0 spiro atoms. The lowest BCUT2D eigenvalue weighted by Crippen LogP contribution is -2.38. The van der Waals surface area contributed by atoms with Gasteiger partial charge in [0.1, 0.15) is 6.10 Å². The largest absolute Gasteiger partial charge is 0.439 e. The molecule has 0 aromatic rings. The Bertz CT molecular complexity index is 1200. The minimum Gasteiger partial charge on any atom is -0.439 e. The van der Waals surface area contributed by atoms with Crippen LogP contribution < -0.4 is 16.4 Å². The van der Waals surface area contributed by atoms with Crippen molar-refractivity contribution in [3.63, 3.8) is 0 Å². The molecular formula is C33H51N3O9. The number of ether oxygens (including phenoxy) is 3. The van der Waals surface area contributed by atoms with Crippen LogP contribution >= 0.6 is 0 Å². The predicted octanol–water partition coefficient (Wildman–Crippen LogP) is 2.76. The average Bonchev–Trinajstić information content (AvgIpc) is 3.00. The van der Waals surface area contributed by atoms with Crippen LogP contribution in [-0.4, -0.2) is 85.6 Å². The lowest BCUT2D eigenvalue weighted by molar-refractivity contribution is -0.120. The van der Waals surface area contributed by atoms with Gasteiger partial charge in [0.15, 0.2) is 6.10 Å². The van der Waals surface area contributed by atoms with Crippen LogP contribution in [0.1, 0.15) is 60.8 Å². The summed E-state index contributed by atoms with van der Waals surface area (Å²) in [5.41, 5.74) is 6.32. The number of nitrogens with one attached hydrogen (secondary N) is 2. The molecule has 6 atom stereocenters. The van der Waals surface area contributed by atoms with Crippen molar-refractivity contribution < 1.29 is 43.6 Å². The molecule has 0 aromatic carbocycles. The van der Waals surface area contributed by atoms with E-state index in [1.807, 2.05) is 20.8 Å². The second kappa shape index (κ2) is 19.7. The molecule has 2 bridgehead atoms. The second-order valence-corrected chi connectivity index (χ2v) is 10.9. The summed E-state index contributed by atoms with van der Waals surface area (Å²) in [4.78, 5) is 51.4. The van der Waals surface area contributed by atoms with Crippen LogP contribution in [0.5, 0.6) is 0 Å². The van der Waals surface area contributed by atoms with E-state index in [2.05, 4.69) is 10.6 Å². The molecule has 0 radical (unpaired) electrons. The molecule has 6 N–H and O–H groups in total. The Morgan fingerprint density at radius 2 is 1.80 bits per heavy atom. The number of methoxy groups -OCH3 is 2. The molecule has 0 aromatic heterocycles. The Labute approximate surface area is 266 Å². The zero-order chi connectivity index (χ0) is 34.3. The number of nitrogens with two attached hydrogens (primary N) is 1. The van der Waals surface area contributed by atoms with Gasteiger partial charge in [-0.1, -0.05) is 52.0 Å². The van der Waals surface area contributed by atoms with Gasteiger partial charge >= 0.3 is 6.09 Å². The summed E-state index contributed by atoms with van der Waals surface area (Å²) >= 11 is 0. The number of aliphatic hydroxyl groups is 2. The van der Waals surface area contributed by atoms with E-state index >= 15 is 0 Å². The highest BCUT2D eigenvalue weighted by Gasteiger charge is 2.33. The van der Waals surface area contributed by atoms with Crippen LogP contribution in [0.2, 0.25) is 0 Å². The van der Waals surface area contributed by atoms with Crippen LogP contribution in [0.4, 0.5) is 4.79 Å². The molecule has 2 aliphatic rings. The summed E-state index contributed by atoms with van der Waals surface area (Å²) in [6.45, 7) is 11.1. The molecule has 252 valence electrons. The molecule has 1 aliphatic heterocycles. The fourth-order valence-electron chi connectivity index (χ4n) is 5.07. The van der Waals surface area contributed by atoms with Gasteiger partial charge < -0.3 is 40.8 Å². The van der Waals surface area contributed by atoms with Crippen molar-refractivity contribution in [1.82, 2.24) is 10.6 Å². The number of carbonyl (C=O) groups excluding carboxylic acids is 4. The van der Waals surface area contributed by atoms with E-state index < -0.39 is 53.9 Å². The maximum atomic E-state index is 13.6. The van der Waals surface area contributed by atoms with Crippen molar-refractivity contribution in [3.8, 4) is 0 Å². The molecule has 12 heteroatoms. The fourth-order valence-corrected chi connectivity index (χ4v) is 5.07. The monoisotopic (exact) mass is 633 g/mol. The third kappa shape index (κ3) is 11.7. The lowest BCUT2D eigenvalue weighted by atomic mass is 9.85. The maximum absolute atomic E-state index is 13.6. The first kappa shape index (κ1) is 39.4. The average molecular weight is 634 g/mol. The van der Waals surface area contributed by atoms with Gasteiger partial charge in [0, 0.05) is 50.5 Å².